The Hall–Kier alpha value is -1.24. The van der Waals surface area contributed by atoms with E-state index in [2.05, 4.69) is 37.6 Å². The Morgan fingerprint density at radius 3 is 2.86 bits per heavy atom. The molecule has 0 atom stereocenters. The zero-order valence-corrected chi connectivity index (χ0v) is 14.0. The van der Waals surface area contributed by atoms with Crippen LogP contribution in [-0.2, 0) is 11.3 Å². The smallest absolute Gasteiger partial charge is 0.225 e. The largest absolute Gasteiger partial charge is 0.324 e. The van der Waals surface area contributed by atoms with Crippen molar-refractivity contribution in [3.63, 3.8) is 0 Å². The minimum Gasteiger partial charge on any atom is -0.324 e. The van der Waals surface area contributed by atoms with E-state index >= 15 is 0 Å². The first kappa shape index (κ1) is 16.1. The summed E-state index contributed by atoms with van der Waals surface area (Å²) >= 11 is 5.07. The van der Waals surface area contributed by atoms with Crippen molar-refractivity contribution >= 4 is 38.9 Å². The molecule has 1 N–H and O–H groups in total. The number of nitrogens with zero attached hydrogens (tertiary/aromatic N) is 1. The van der Waals surface area contributed by atoms with Crippen LogP contribution >= 0.6 is 27.3 Å². The maximum atomic E-state index is 13.4. The number of carbonyl (C=O) groups is 1. The Kier molecular flexibility index (Phi) is 5.90. The van der Waals surface area contributed by atoms with Crippen LogP contribution in [0.2, 0.25) is 0 Å². The van der Waals surface area contributed by atoms with E-state index < -0.39 is 5.82 Å². The SMILES string of the molecule is CN(CCC(=O)Nc1ccccc1F)Cc1csc(Br)c1. The van der Waals surface area contributed by atoms with Crippen molar-refractivity contribution in [3.8, 4) is 0 Å². The molecule has 0 aliphatic carbocycles. The molecule has 112 valence electrons. The number of amides is 1. The van der Waals surface area contributed by atoms with E-state index in [0.717, 1.165) is 10.3 Å². The number of thiophene rings is 1. The van der Waals surface area contributed by atoms with Crippen molar-refractivity contribution < 1.29 is 9.18 Å². The third-order valence-corrected chi connectivity index (χ3v) is 4.50. The number of carbonyl (C=O) groups excluding carboxylic acids is 1. The van der Waals surface area contributed by atoms with E-state index in [-0.39, 0.29) is 11.6 Å². The molecule has 1 amide bonds. The van der Waals surface area contributed by atoms with Crippen LogP contribution in [0.4, 0.5) is 10.1 Å². The maximum absolute atomic E-state index is 13.4. The molecule has 2 rings (SSSR count). The van der Waals surface area contributed by atoms with Gasteiger partial charge in [0.05, 0.1) is 9.47 Å². The molecule has 0 unspecified atom stereocenters. The minimum atomic E-state index is -0.415. The Balaban J connectivity index is 1.77. The van der Waals surface area contributed by atoms with Gasteiger partial charge in [-0.2, -0.15) is 0 Å². The maximum Gasteiger partial charge on any atom is 0.225 e. The molecule has 0 saturated carbocycles. The van der Waals surface area contributed by atoms with Gasteiger partial charge in [-0.1, -0.05) is 12.1 Å². The average Bonchev–Trinajstić information content (AvgIpc) is 2.84. The highest BCUT2D eigenvalue weighted by atomic mass is 79.9. The lowest BCUT2D eigenvalue weighted by atomic mass is 10.2. The van der Waals surface area contributed by atoms with Crippen LogP contribution in [0, 0.1) is 5.82 Å². The first-order valence-corrected chi connectivity index (χ1v) is 8.17. The molecule has 21 heavy (non-hydrogen) atoms. The first-order chi connectivity index (χ1) is 10.0. The van der Waals surface area contributed by atoms with Gasteiger partial charge in [-0.15, -0.1) is 11.3 Å². The number of hydrogen-bond acceptors (Lipinski definition) is 3. The zero-order valence-electron chi connectivity index (χ0n) is 11.6. The van der Waals surface area contributed by atoms with Crippen molar-refractivity contribution in [1.82, 2.24) is 4.90 Å². The molecule has 0 spiro atoms. The van der Waals surface area contributed by atoms with Gasteiger partial charge in [-0.25, -0.2) is 4.39 Å². The fourth-order valence-corrected chi connectivity index (χ4v) is 3.09. The van der Waals surface area contributed by atoms with E-state index in [1.165, 1.54) is 11.6 Å². The quantitative estimate of drug-likeness (QED) is 0.829. The third-order valence-electron chi connectivity index (χ3n) is 2.94. The van der Waals surface area contributed by atoms with Crippen molar-refractivity contribution in [2.24, 2.45) is 0 Å². The van der Waals surface area contributed by atoms with Crippen LogP contribution in [0.3, 0.4) is 0 Å². The summed E-state index contributed by atoms with van der Waals surface area (Å²) in [7, 11) is 1.96. The van der Waals surface area contributed by atoms with Gasteiger partial charge in [0.1, 0.15) is 5.82 Å². The molecule has 2 aromatic rings. The molecule has 1 heterocycles. The molecule has 0 bridgehead atoms. The highest BCUT2D eigenvalue weighted by Crippen LogP contribution is 2.21. The summed E-state index contributed by atoms with van der Waals surface area (Å²) in [5.74, 6) is -0.597. The second-order valence-electron chi connectivity index (χ2n) is 4.77. The van der Waals surface area contributed by atoms with Gasteiger partial charge in [0.25, 0.3) is 0 Å². The number of benzene rings is 1. The molecular weight excluding hydrogens is 355 g/mol. The molecule has 1 aromatic carbocycles. The first-order valence-electron chi connectivity index (χ1n) is 6.50. The van der Waals surface area contributed by atoms with Crippen LogP contribution in [0.1, 0.15) is 12.0 Å². The zero-order chi connectivity index (χ0) is 15.2. The number of nitrogens with one attached hydrogen (secondary N) is 1. The molecule has 0 saturated heterocycles. The molecule has 0 aliphatic rings. The van der Waals surface area contributed by atoms with Gasteiger partial charge in [0, 0.05) is 19.5 Å². The van der Waals surface area contributed by atoms with Crippen LogP contribution < -0.4 is 5.32 Å². The fraction of sp³-hybridized carbons (Fsp3) is 0.267. The lowest BCUT2D eigenvalue weighted by molar-refractivity contribution is -0.116. The summed E-state index contributed by atoms with van der Waals surface area (Å²) in [5.41, 5.74) is 1.44. The number of hydrogen-bond donors (Lipinski definition) is 1. The average molecular weight is 371 g/mol. The topological polar surface area (TPSA) is 32.3 Å². The summed E-state index contributed by atoms with van der Waals surface area (Å²) in [4.78, 5) is 13.9. The minimum absolute atomic E-state index is 0.182. The van der Waals surface area contributed by atoms with Gasteiger partial charge >= 0.3 is 0 Å². The molecule has 1 aromatic heterocycles. The molecule has 6 heteroatoms. The third kappa shape index (κ3) is 5.22. The lowest BCUT2D eigenvalue weighted by Crippen LogP contribution is -2.24. The summed E-state index contributed by atoms with van der Waals surface area (Å²) in [6, 6.07) is 8.24. The van der Waals surface area contributed by atoms with Gasteiger partial charge in [-0.05, 0) is 52.1 Å². The van der Waals surface area contributed by atoms with Crippen LogP contribution in [0.5, 0.6) is 0 Å². The normalized spacial score (nSPS) is 10.9. The Morgan fingerprint density at radius 2 is 2.19 bits per heavy atom. The molecular formula is C15H16BrFN2OS. The summed E-state index contributed by atoms with van der Waals surface area (Å²) in [6.07, 6.45) is 0.330. The van der Waals surface area contributed by atoms with E-state index in [0.29, 0.717) is 13.0 Å². The number of anilines is 1. The number of rotatable bonds is 6. The fourth-order valence-electron chi connectivity index (χ4n) is 1.89. The molecule has 0 radical (unpaired) electrons. The van der Waals surface area contributed by atoms with E-state index in [1.54, 1.807) is 29.5 Å². The van der Waals surface area contributed by atoms with E-state index in [1.807, 2.05) is 7.05 Å². The predicted molar refractivity (Wildman–Crippen MR) is 88.0 cm³/mol. The number of para-hydroxylation sites is 1. The Morgan fingerprint density at radius 1 is 1.43 bits per heavy atom. The van der Waals surface area contributed by atoms with Crippen molar-refractivity contribution in [3.05, 3.63) is 50.9 Å². The van der Waals surface area contributed by atoms with Crippen molar-refractivity contribution in [2.45, 2.75) is 13.0 Å². The monoisotopic (exact) mass is 370 g/mol. The summed E-state index contributed by atoms with van der Waals surface area (Å²) in [5, 5.41) is 4.67. The molecule has 0 aliphatic heterocycles. The highest BCUT2D eigenvalue weighted by Gasteiger charge is 2.08. The van der Waals surface area contributed by atoms with Gasteiger partial charge in [0.2, 0.25) is 5.91 Å². The molecule has 3 nitrogen and oxygen atoms in total. The van der Waals surface area contributed by atoms with E-state index in [9.17, 15) is 9.18 Å². The summed E-state index contributed by atoms with van der Waals surface area (Å²) < 4.78 is 14.5. The second kappa shape index (κ2) is 7.68. The Bertz CT molecular complexity index is 617. The standard InChI is InChI=1S/C15H16BrFN2OS/c1-19(9-11-8-14(16)21-10-11)7-6-15(20)18-13-5-3-2-4-12(13)17/h2-5,8,10H,6-7,9H2,1H3,(H,18,20). The van der Waals surface area contributed by atoms with Crippen molar-refractivity contribution in [2.75, 3.05) is 18.9 Å². The van der Waals surface area contributed by atoms with Crippen molar-refractivity contribution in [1.29, 1.82) is 0 Å². The highest BCUT2D eigenvalue weighted by molar-refractivity contribution is 9.11. The van der Waals surface area contributed by atoms with Crippen LogP contribution in [0.15, 0.2) is 39.5 Å². The second-order valence-corrected chi connectivity index (χ2v) is 7.07. The van der Waals surface area contributed by atoms with E-state index in [4.69, 9.17) is 0 Å². The number of halogens is 2. The summed E-state index contributed by atoms with van der Waals surface area (Å²) in [6.45, 7) is 1.41. The van der Waals surface area contributed by atoms with Crippen LogP contribution in [-0.4, -0.2) is 24.4 Å². The van der Waals surface area contributed by atoms with Crippen LogP contribution in [0.25, 0.3) is 0 Å². The Labute approximate surface area is 135 Å². The van der Waals surface area contributed by atoms with Gasteiger partial charge < -0.3 is 10.2 Å². The van der Waals surface area contributed by atoms with Gasteiger partial charge in [0.15, 0.2) is 0 Å². The lowest BCUT2D eigenvalue weighted by Gasteiger charge is -2.15. The van der Waals surface area contributed by atoms with Gasteiger partial charge in [-0.3, -0.25) is 4.79 Å². The predicted octanol–water partition coefficient (Wildman–Crippen LogP) is 4.11. The molecule has 0 fully saturated rings.